The lowest BCUT2D eigenvalue weighted by atomic mass is 10.0. The average molecular weight is 231 g/mol. The van der Waals surface area contributed by atoms with E-state index in [2.05, 4.69) is 0 Å². The fourth-order valence-electron chi connectivity index (χ4n) is 0.150. The average Bonchev–Trinajstić information content (AvgIpc) is 2.16. The number of hydrogen-bond donors (Lipinski definition) is 4. The van der Waals surface area contributed by atoms with E-state index in [0.29, 0.717) is 7.85 Å². The highest BCUT2D eigenvalue weighted by Crippen LogP contribution is 2.12. The minimum Gasteiger partial charge on any atom is -0.394 e. The maximum atomic E-state index is 10.8. The third kappa shape index (κ3) is 8.37. The highest BCUT2D eigenvalue weighted by molar-refractivity contribution is 6.59. The van der Waals surface area contributed by atoms with E-state index in [1.165, 1.54) is 0 Å². The van der Waals surface area contributed by atoms with E-state index in [0.717, 1.165) is 0 Å². The molecule has 0 aliphatic rings. The Kier molecular flexibility index (Phi) is 7.58. The van der Waals surface area contributed by atoms with Gasteiger partial charge in [0, 0.05) is 0 Å². The quantitative estimate of drug-likeness (QED) is 0.398. The van der Waals surface area contributed by atoms with Crippen molar-refractivity contribution in [3.8, 4) is 0 Å². The first kappa shape index (κ1) is 16.8. The molecule has 0 bridgehead atoms. The molecule has 9 heteroatoms. The monoisotopic (exact) mass is 231 g/mol. The molecule has 0 aromatic heterocycles. The summed E-state index contributed by atoms with van der Waals surface area (Å²) in [5.41, 5.74) is 2.18. The lowest BCUT2D eigenvalue weighted by Crippen LogP contribution is -2.50. The number of hydrogen-bond acceptors (Lipinski definition) is 5. The van der Waals surface area contributed by atoms with Crippen LogP contribution in [0.15, 0.2) is 0 Å². The van der Waals surface area contributed by atoms with Gasteiger partial charge < -0.3 is 25.8 Å². The summed E-state index contributed by atoms with van der Waals surface area (Å²) in [7, 11) is 0.486. The van der Waals surface area contributed by atoms with E-state index >= 15 is 0 Å². The second kappa shape index (κ2) is 6.78. The third-order valence-electron chi connectivity index (χ3n) is 1.34. The van der Waals surface area contributed by atoms with E-state index in [4.69, 9.17) is 21.1 Å². The van der Waals surface area contributed by atoms with Gasteiger partial charge in [-0.15, -0.1) is 0 Å². The molecule has 0 aliphatic heterocycles. The van der Waals surface area contributed by atoms with Gasteiger partial charge in [-0.1, -0.05) is 0 Å². The molecule has 15 heavy (non-hydrogen) atoms. The van der Waals surface area contributed by atoms with Crippen molar-refractivity contribution in [1.29, 1.82) is 0 Å². The van der Waals surface area contributed by atoms with Gasteiger partial charge in [0.1, 0.15) is 0 Å². The third-order valence-corrected chi connectivity index (χ3v) is 1.34. The summed E-state index contributed by atoms with van der Waals surface area (Å²) >= 11 is 0. The van der Waals surface area contributed by atoms with Crippen LogP contribution in [0.1, 0.15) is 0 Å². The lowest BCUT2D eigenvalue weighted by molar-refractivity contribution is -0.161. The maximum Gasteiger partial charge on any atom is 0.439 e. The fraction of sp³-hybridized carbons (Fsp3) is 0.833. The number of nitrogens with two attached hydrogens (primary N) is 1. The van der Waals surface area contributed by atoms with Gasteiger partial charge in [0.15, 0.2) is 13.5 Å². The van der Waals surface area contributed by atoms with Crippen molar-refractivity contribution in [2.75, 3.05) is 19.8 Å². The van der Waals surface area contributed by atoms with E-state index in [-0.39, 0.29) is 0 Å². The van der Waals surface area contributed by atoms with E-state index in [1.807, 2.05) is 0 Å². The van der Waals surface area contributed by atoms with Gasteiger partial charge in [-0.2, -0.15) is 13.2 Å². The lowest BCUT2D eigenvalue weighted by Gasteiger charge is -2.20. The van der Waals surface area contributed by atoms with Crippen molar-refractivity contribution in [2.45, 2.75) is 11.7 Å². The summed E-state index contributed by atoms with van der Waals surface area (Å²) in [6, 6.07) is 0. The van der Waals surface area contributed by atoms with Gasteiger partial charge in [0.25, 0.3) is 0 Å². The number of alkyl halides is 3. The predicted molar refractivity (Wildman–Crippen MR) is 47.8 cm³/mol. The molecule has 5 N–H and O–H groups in total. The first-order valence-corrected chi connectivity index (χ1v) is 3.82. The first-order chi connectivity index (χ1) is 6.63. The topological polar surface area (TPSA) is 104 Å². The van der Waals surface area contributed by atoms with Crippen LogP contribution < -0.4 is 5.73 Å². The molecule has 0 fully saturated rings. The molecule has 5 nitrogen and oxygen atoms in total. The number of halogens is 3. The Balaban J connectivity index is 0. The second-order valence-electron chi connectivity index (χ2n) is 2.89. The predicted octanol–water partition coefficient (Wildman–Crippen LogP) is -2.63. The van der Waals surface area contributed by atoms with Crippen LogP contribution in [0.5, 0.6) is 0 Å². The Labute approximate surface area is 85.1 Å². The zero-order valence-electron chi connectivity index (χ0n) is 8.08. The molecule has 0 aromatic carbocycles. The van der Waals surface area contributed by atoms with Crippen molar-refractivity contribution in [1.82, 2.24) is 0 Å². The number of carbonyl (C=O) groups is 1. The van der Waals surface area contributed by atoms with Crippen LogP contribution in [0, 0.1) is 0 Å². The van der Waals surface area contributed by atoms with Crippen molar-refractivity contribution in [2.24, 2.45) is 5.73 Å². The molecule has 0 atom stereocenters. The van der Waals surface area contributed by atoms with Gasteiger partial charge >= 0.3 is 6.18 Å². The molecule has 0 spiro atoms. The summed E-state index contributed by atoms with van der Waals surface area (Å²) in [6.45, 7) is -1.21. The minimum absolute atomic E-state index is 0.403. The van der Waals surface area contributed by atoms with Crippen LogP contribution in [-0.2, 0) is 4.79 Å². The van der Waals surface area contributed by atoms with E-state index in [1.54, 1.807) is 0 Å². The van der Waals surface area contributed by atoms with Crippen LogP contribution in [0.2, 0.25) is 0 Å². The summed E-state index contributed by atoms with van der Waals surface area (Å²) in [6.07, 6.45) is -4.64. The summed E-state index contributed by atoms with van der Waals surface area (Å²) in [4.78, 5) is 9.34. The number of carbonyl (C=O) groups excluding carboxylic acids is 1. The van der Waals surface area contributed by atoms with Crippen LogP contribution in [0.3, 0.4) is 0 Å². The zero-order chi connectivity index (χ0) is 12.7. The van der Waals surface area contributed by atoms with Gasteiger partial charge in [-0.3, -0.25) is 0 Å². The molecular formula is C6H13BF3NO4. The number of rotatable bonds is 3. The van der Waals surface area contributed by atoms with Crippen LogP contribution >= 0.6 is 0 Å². The molecule has 0 saturated heterocycles. The minimum atomic E-state index is -4.64. The highest BCUT2D eigenvalue weighted by atomic mass is 19.4. The van der Waals surface area contributed by atoms with Crippen molar-refractivity contribution in [3.05, 3.63) is 0 Å². The Morgan fingerprint density at radius 1 is 1.13 bits per heavy atom. The normalized spacial score (nSPS) is 11.7. The van der Waals surface area contributed by atoms with Crippen LogP contribution in [0.25, 0.3) is 0 Å². The standard InChI is InChI=1S/C4H11NO3.C2H2BF3O/c5-4(1-6,2-7)3-8;3-1(7)2(4,5)6/h6-8H,1-3,5H2;3H2. The van der Waals surface area contributed by atoms with Gasteiger partial charge in [-0.25, -0.2) is 0 Å². The van der Waals surface area contributed by atoms with Crippen molar-refractivity contribution >= 4 is 13.5 Å². The molecule has 0 unspecified atom stereocenters. The molecule has 0 rings (SSSR count). The second-order valence-corrected chi connectivity index (χ2v) is 2.89. The maximum absolute atomic E-state index is 10.8. The SMILES string of the molecule is BC(=O)C(F)(F)F.NC(CO)(CO)CO. The summed E-state index contributed by atoms with van der Waals surface area (Å²) in [5, 5.41) is 25.0. The smallest absolute Gasteiger partial charge is 0.394 e. The largest absolute Gasteiger partial charge is 0.439 e. The van der Waals surface area contributed by atoms with Crippen molar-refractivity contribution < 1.29 is 33.3 Å². The van der Waals surface area contributed by atoms with E-state index in [9.17, 15) is 18.0 Å². The van der Waals surface area contributed by atoms with Gasteiger partial charge in [0.05, 0.1) is 25.4 Å². The van der Waals surface area contributed by atoms with E-state index < -0.39 is 37.2 Å². The molecule has 0 heterocycles. The Hall–Kier alpha value is -0.635. The molecule has 0 aromatic rings. The van der Waals surface area contributed by atoms with Crippen LogP contribution in [0.4, 0.5) is 13.2 Å². The Morgan fingerprint density at radius 3 is 1.33 bits per heavy atom. The molecule has 0 aliphatic carbocycles. The summed E-state index contributed by atoms with van der Waals surface area (Å²) < 4.78 is 32.5. The summed E-state index contributed by atoms with van der Waals surface area (Å²) in [5.74, 6) is 0. The number of aliphatic hydroxyl groups is 3. The Morgan fingerprint density at radius 2 is 1.33 bits per heavy atom. The fourth-order valence-corrected chi connectivity index (χ4v) is 0.150. The number of aliphatic hydroxyl groups excluding tert-OH is 3. The molecular weight excluding hydrogens is 218 g/mol. The molecule has 90 valence electrons. The Bertz CT molecular complexity index is 187. The van der Waals surface area contributed by atoms with Gasteiger partial charge in [0.2, 0.25) is 0 Å². The van der Waals surface area contributed by atoms with Crippen molar-refractivity contribution in [3.63, 3.8) is 0 Å². The first-order valence-electron chi connectivity index (χ1n) is 3.82. The van der Waals surface area contributed by atoms with Crippen LogP contribution in [-0.4, -0.2) is 60.4 Å². The zero-order valence-corrected chi connectivity index (χ0v) is 8.08. The molecule has 0 amide bonds. The molecule has 0 saturated carbocycles. The molecule has 0 radical (unpaired) electrons. The highest BCUT2D eigenvalue weighted by Gasteiger charge is 2.33. The van der Waals surface area contributed by atoms with Gasteiger partial charge in [-0.05, 0) is 0 Å².